The second kappa shape index (κ2) is 10.4. The summed E-state index contributed by atoms with van der Waals surface area (Å²) < 4.78 is 0. The van der Waals surface area contributed by atoms with Gasteiger partial charge in [0.05, 0.1) is 0 Å². The normalized spacial score (nSPS) is 11.9. The maximum Gasteiger partial charge on any atom is 0.164 e. The maximum atomic E-state index is 5.17. The van der Waals surface area contributed by atoms with Crippen LogP contribution in [0.4, 0.5) is 0 Å². The average molecular weight is 637 g/mol. The number of hydrogen-bond acceptors (Lipinski definition) is 7. The Labute approximate surface area is 278 Å². The Morgan fingerprint density at radius 3 is 1.27 bits per heavy atom. The Balaban J connectivity index is 1.32. The standard InChI is InChI=1S/C39H24N8S/c1-21-14-16-22(17-15-21)48-23-18-19-30-31(20-23)39-46-37-29-13-7-6-12-28(29)35(44-37)42-33-25-9-3-2-8-24(25)32(40-33)41-34-26-10-4-5-11-27(26)36(43-34)45-38(30)47-39/h2-20H,1H3,(H2,40,41,42,43,44,45,46,47). The van der Waals surface area contributed by atoms with Crippen LogP contribution in [0.2, 0.25) is 0 Å². The molecule has 10 rings (SSSR count). The van der Waals surface area contributed by atoms with Gasteiger partial charge in [-0.15, -0.1) is 0 Å². The van der Waals surface area contributed by atoms with Crippen molar-refractivity contribution < 1.29 is 0 Å². The minimum Gasteiger partial charge on any atom is -0.324 e. The van der Waals surface area contributed by atoms with Crippen molar-refractivity contribution in [3.8, 4) is 45.6 Å². The number of aryl methyl sites for hydroxylation is 1. The van der Waals surface area contributed by atoms with E-state index in [1.54, 1.807) is 11.8 Å². The van der Waals surface area contributed by atoms with E-state index < -0.39 is 0 Å². The van der Waals surface area contributed by atoms with E-state index >= 15 is 0 Å². The zero-order valence-electron chi connectivity index (χ0n) is 25.6. The number of nitrogens with zero attached hydrogens (tertiary/aromatic N) is 6. The molecule has 0 fully saturated rings. The Morgan fingerprint density at radius 2 is 0.792 bits per heavy atom. The van der Waals surface area contributed by atoms with E-state index in [2.05, 4.69) is 59.4 Å². The van der Waals surface area contributed by atoms with E-state index in [0.717, 1.165) is 48.7 Å². The lowest BCUT2D eigenvalue weighted by Gasteiger charge is -2.03. The molecule has 0 saturated heterocycles. The van der Waals surface area contributed by atoms with Crippen LogP contribution in [0.5, 0.6) is 0 Å². The van der Waals surface area contributed by atoms with Gasteiger partial charge in [0.15, 0.2) is 23.3 Å². The van der Waals surface area contributed by atoms with Crippen LogP contribution in [0.15, 0.2) is 125 Å². The highest BCUT2D eigenvalue weighted by Crippen LogP contribution is 2.38. The fourth-order valence-corrected chi connectivity index (χ4v) is 7.28. The van der Waals surface area contributed by atoms with Gasteiger partial charge >= 0.3 is 0 Å². The molecule has 0 unspecified atom stereocenters. The van der Waals surface area contributed by atoms with Crippen LogP contribution in [0.1, 0.15) is 5.56 Å². The van der Waals surface area contributed by atoms with Crippen LogP contribution in [-0.4, -0.2) is 39.9 Å². The summed E-state index contributed by atoms with van der Waals surface area (Å²) in [5.74, 6) is 2.35. The summed E-state index contributed by atoms with van der Waals surface area (Å²) in [5.41, 5.74) is 7.61. The van der Waals surface area contributed by atoms with Crippen LogP contribution in [0.25, 0.3) is 89.7 Å². The van der Waals surface area contributed by atoms with Crippen LogP contribution < -0.4 is 0 Å². The molecule has 0 amide bonds. The van der Waals surface area contributed by atoms with Crippen LogP contribution in [0, 0.1) is 6.92 Å². The molecule has 0 spiro atoms. The van der Waals surface area contributed by atoms with E-state index in [1.165, 1.54) is 10.5 Å². The average Bonchev–Trinajstić information content (AvgIpc) is 3.85. The third-order valence-corrected chi connectivity index (χ3v) is 9.78. The quantitative estimate of drug-likeness (QED) is 0.195. The molecule has 8 bridgehead atoms. The highest BCUT2D eigenvalue weighted by Gasteiger charge is 2.22. The molecule has 48 heavy (non-hydrogen) atoms. The zero-order chi connectivity index (χ0) is 31.8. The van der Waals surface area contributed by atoms with Gasteiger partial charge < -0.3 is 9.97 Å². The summed E-state index contributed by atoms with van der Waals surface area (Å²) in [6.45, 7) is 2.10. The summed E-state index contributed by atoms with van der Waals surface area (Å²) >= 11 is 1.72. The number of H-pyrrole nitrogens is 2. The lowest BCUT2D eigenvalue weighted by Crippen LogP contribution is -1.82. The summed E-state index contributed by atoms with van der Waals surface area (Å²) in [4.78, 5) is 39.7. The number of nitrogens with one attached hydrogen (secondary N) is 2. The Kier molecular flexibility index (Phi) is 5.85. The summed E-state index contributed by atoms with van der Waals surface area (Å²) in [6.07, 6.45) is 0. The van der Waals surface area contributed by atoms with Crippen molar-refractivity contribution in [1.82, 2.24) is 39.9 Å². The first-order chi connectivity index (χ1) is 23.6. The molecule has 8 nitrogen and oxygen atoms in total. The van der Waals surface area contributed by atoms with Crippen LogP contribution in [0.3, 0.4) is 0 Å². The second-order valence-electron chi connectivity index (χ2n) is 11.9. The van der Waals surface area contributed by atoms with Gasteiger partial charge in [-0.2, -0.15) is 0 Å². The molecule has 5 aromatic carbocycles. The minimum atomic E-state index is 0.586. The lowest BCUT2D eigenvalue weighted by molar-refractivity contribution is 1.19. The Bertz CT molecular complexity index is 2780. The molecule has 3 aromatic heterocycles. The number of aromatic amines is 2. The number of rotatable bonds is 2. The van der Waals surface area contributed by atoms with E-state index in [-0.39, 0.29) is 0 Å². The van der Waals surface area contributed by atoms with Crippen molar-refractivity contribution in [2.75, 3.05) is 0 Å². The highest BCUT2D eigenvalue weighted by molar-refractivity contribution is 7.99. The van der Waals surface area contributed by atoms with Gasteiger partial charge in [0.2, 0.25) is 0 Å². The fourth-order valence-electron chi connectivity index (χ4n) is 6.43. The first-order valence-corrected chi connectivity index (χ1v) is 16.4. The monoisotopic (exact) mass is 636 g/mol. The summed E-state index contributed by atoms with van der Waals surface area (Å²) in [5, 5.41) is 3.79. The molecule has 9 heteroatoms. The molecular weight excluding hydrogens is 613 g/mol. The van der Waals surface area contributed by atoms with Crippen LogP contribution in [-0.2, 0) is 0 Å². The van der Waals surface area contributed by atoms with Gasteiger partial charge in [0.1, 0.15) is 22.6 Å². The number of hydrogen-bond donors (Lipinski definition) is 2. The molecular formula is C39H24N8S. The van der Waals surface area contributed by atoms with E-state index in [0.29, 0.717) is 45.9 Å². The SMILES string of the molecule is Cc1ccc(Sc2ccc3c4nc5nc(nc6[nH]c(nc7nc(nc([nH]4)c3c2)-c2ccccc2-7)c2ccccc62)-c2ccccc2-5)cc1. The van der Waals surface area contributed by atoms with Gasteiger partial charge in [0.25, 0.3) is 0 Å². The van der Waals surface area contributed by atoms with Gasteiger partial charge in [0, 0.05) is 53.6 Å². The first-order valence-electron chi connectivity index (χ1n) is 15.6. The van der Waals surface area contributed by atoms with Gasteiger partial charge in [-0.05, 0) is 37.3 Å². The van der Waals surface area contributed by atoms with Crippen molar-refractivity contribution >= 4 is 55.9 Å². The number of fused-ring (bicyclic) bond motifs is 20. The predicted octanol–water partition coefficient (Wildman–Crippen LogP) is 9.33. The van der Waals surface area contributed by atoms with Gasteiger partial charge in [-0.25, -0.2) is 29.9 Å². The Hall–Kier alpha value is -6.19. The van der Waals surface area contributed by atoms with Gasteiger partial charge in [-0.3, -0.25) is 0 Å². The predicted molar refractivity (Wildman–Crippen MR) is 191 cm³/mol. The van der Waals surface area contributed by atoms with E-state index in [4.69, 9.17) is 29.9 Å². The van der Waals surface area contributed by atoms with Crippen LogP contribution >= 0.6 is 11.8 Å². The summed E-state index contributed by atoms with van der Waals surface area (Å²) in [6, 6.07) is 39.2. The second-order valence-corrected chi connectivity index (χ2v) is 13.0. The minimum absolute atomic E-state index is 0.586. The fraction of sp³-hybridized carbons (Fsp3) is 0.0256. The third kappa shape index (κ3) is 4.32. The maximum absolute atomic E-state index is 5.17. The van der Waals surface area contributed by atoms with E-state index in [1.807, 2.05) is 72.8 Å². The lowest BCUT2D eigenvalue weighted by atomic mass is 10.1. The van der Waals surface area contributed by atoms with Crippen molar-refractivity contribution in [3.05, 3.63) is 121 Å². The molecule has 2 aliphatic rings. The molecule has 226 valence electrons. The zero-order valence-corrected chi connectivity index (χ0v) is 26.4. The molecule has 2 N–H and O–H groups in total. The van der Waals surface area contributed by atoms with Crippen molar-refractivity contribution in [3.63, 3.8) is 0 Å². The molecule has 2 aliphatic heterocycles. The van der Waals surface area contributed by atoms with Crippen molar-refractivity contribution in [2.45, 2.75) is 16.7 Å². The molecule has 5 heterocycles. The topological polar surface area (TPSA) is 109 Å². The largest absolute Gasteiger partial charge is 0.324 e. The van der Waals surface area contributed by atoms with Gasteiger partial charge in [-0.1, -0.05) is 102 Å². The number of benzene rings is 5. The molecule has 0 saturated carbocycles. The van der Waals surface area contributed by atoms with E-state index in [9.17, 15) is 0 Å². The summed E-state index contributed by atoms with van der Waals surface area (Å²) in [7, 11) is 0. The number of aromatic nitrogens is 8. The first kappa shape index (κ1) is 27.0. The molecule has 0 aliphatic carbocycles. The Morgan fingerprint density at radius 1 is 0.396 bits per heavy atom. The van der Waals surface area contributed by atoms with Crippen molar-refractivity contribution in [2.24, 2.45) is 0 Å². The highest BCUT2D eigenvalue weighted by atomic mass is 32.2. The molecule has 0 atom stereocenters. The molecule has 0 radical (unpaired) electrons. The smallest absolute Gasteiger partial charge is 0.164 e. The molecule has 8 aromatic rings. The van der Waals surface area contributed by atoms with Crippen molar-refractivity contribution in [1.29, 1.82) is 0 Å². The third-order valence-electron chi connectivity index (χ3n) is 8.78.